The summed E-state index contributed by atoms with van der Waals surface area (Å²) in [6.45, 7) is 0. The minimum absolute atomic E-state index is 0.407. The molecule has 0 spiro atoms. The highest BCUT2D eigenvalue weighted by Gasteiger charge is 2.33. The molecular formula is C10H9NO2S. The molecule has 72 valence electrons. The zero-order chi connectivity index (χ0) is 10.3. The highest BCUT2D eigenvalue weighted by Crippen LogP contribution is 2.31. The van der Waals surface area contributed by atoms with Gasteiger partial charge in [-0.25, -0.2) is 0 Å². The Labute approximate surface area is 86.1 Å². The molecule has 0 saturated carbocycles. The number of nitrogens with zero attached hydrogens (tertiary/aromatic N) is 1. The molecule has 14 heavy (non-hydrogen) atoms. The van der Waals surface area contributed by atoms with E-state index in [2.05, 4.69) is 0 Å². The molecule has 2 rings (SSSR count). The van der Waals surface area contributed by atoms with E-state index in [1.807, 2.05) is 18.4 Å². The van der Waals surface area contributed by atoms with Gasteiger partial charge in [-0.2, -0.15) is 0 Å². The first-order valence-corrected chi connectivity index (χ1v) is 5.38. The molecule has 4 heteroatoms. The molecule has 0 atom stereocenters. The lowest BCUT2D eigenvalue weighted by molar-refractivity contribution is -0.114. The van der Waals surface area contributed by atoms with Gasteiger partial charge >= 0.3 is 0 Å². The predicted molar refractivity (Wildman–Crippen MR) is 56.0 cm³/mol. The van der Waals surface area contributed by atoms with Crippen LogP contribution in [0.3, 0.4) is 0 Å². The topological polar surface area (TPSA) is 37.4 Å². The SMILES string of the molecule is CSc1ccc2c(c1)N(C)C(=O)C2=O. The number of Topliss-reactive ketones (excluding diaryl/α,β-unsaturated/α-hetero) is 1. The number of hydrogen-bond donors (Lipinski definition) is 0. The van der Waals surface area contributed by atoms with Crippen molar-refractivity contribution in [2.75, 3.05) is 18.2 Å². The van der Waals surface area contributed by atoms with Gasteiger partial charge in [-0.3, -0.25) is 9.59 Å². The number of hydrogen-bond acceptors (Lipinski definition) is 3. The van der Waals surface area contributed by atoms with E-state index < -0.39 is 11.7 Å². The van der Waals surface area contributed by atoms with Crippen LogP contribution in [-0.2, 0) is 4.79 Å². The fourth-order valence-corrected chi connectivity index (χ4v) is 1.92. The summed E-state index contributed by atoms with van der Waals surface area (Å²) in [7, 11) is 1.62. The van der Waals surface area contributed by atoms with Crippen molar-refractivity contribution in [2.45, 2.75) is 4.90 Å². The second kappa shape index (κ2) is 3.13. The number of anilines is 1. The Morgan fingerprint density at radius 2 is 2.00 bits per heavy atom. The van der Waals surface area contributed by atoms with Crippen LogP contribution in [0.15, 0.2) is 23.1 Å². The van der Waals surface area contributed by atoms with Crippen LogP contribution in [0.25, 0.3) is 0 Å². The Morgan fingerprint density at radius 3 is 2.64 bits per heavy atom. The summed E-state index contributed by atoms with van der Waals surface area (Å²) in [6, 6.07) is 5.43. The minimum atomic E-state index is -0.446. The molecule has 1 aliphatic heterocycles. The van der Waals surface area contributed by atoms with Gasteiger partial charge in [0, 0.05) is 11.9 Å². The average Bonchev–Trinajstić information content (AvgIpc) is 2.44. The third-order valence-corrected chi connectivity index (χ3v) is 3.04. The smallest absolute Gasteiger partial charge is 0.299 e. The van der Waals surface area contributed by atoms with Crippen LogP contribution in [0.5, 0.6) is 0 Å². The Kier molecular flexibility index (Phi) is 2.07. The average molecular weight is 207 g/mol. The predicted octanol–water partition coefficient (Wildman–Crippen LogP) is 1.57. The van der Waals surface area contributed by atoms with Crippen molar-refractivity contribution >= 4 is 29.1 Å². The van der Waals surface area contributed by atoms with Crippen molar-refractivity contribution in [3.05, 3.63) is 23.8 Å². The Bertz CT molecular complexity index is 428. The van der Waals surface area contributed by atoms with Crippen molar-refractivity contribution in [3.8, 4) is 0 Å². The van der Waals surface area contributed by atoms with Gasteiger partial charge in [0.25, 0.3) is 11.7 Å². The zero-order valence-corrected chi connectivity index (χ0v) is 8.72. The zero-order valence-electron chi connectivity index (χ0n) is 7.90. The minimum Gasteiger partial charge on any atom is -0.308 e. The van der Waals surface area contributed by atoms with E-state index in [1.165, 1.54) is 4.90 Å². The number of ketones is 1. The summed E-state index contributed by atoms with van der Waals surface area (Å²) in [5.74, 6) is -0.853. The second-order valence-electron chi connectivity index (χ2n) is 3.08. The first kappa shape index (κ1) is 9.27. The number of fused-ring (bicyclic) bond motifs is 1. The second-order valence-corrected chi connectivity index (χ2v) is 3.96. The first-order chi connectivity index (χ1) is 6.65. The van der Waals surface area contributed by atoms with Gasteiger partial charge in [-0.15, -0.1) is 11.8 Å². The Hall–Kier alpha value is -1.29. The van der Waals surface area contributed by atoms with Crippen molar-refractivity contribution in [3.63, 3.8) is 0 Å². The van der Waals surface area contributed by atoms with Crippen molar-refractivity contribution < 1.29 is 9.59 Å². The van der Waals surface area contributed by atoms with Gasteiger partial charge in [0.1, 0.15) is 0 Å². The van der Waals surface area contributed by atoms with Gasteiger partial charge in [0.2, 0.25) is 0 Å². The Balaban J connectivity index is 2.59. The van der Waals surface area contributed by atoms with Crippen molar-refractivity contribution in [2.24, 2.45) is 0 Å². The van der Waals surface area contributed by atoms with E-state index in [-0.39, 0.29) is 0 Å². The number of thioether (sulfide) groups is 1. The maximum absolute atomic E-state index is 11.4. The number of rotatable bonds is 1. The van der Waals surface area contributed by atoms with Gasteiger partial charge in [0.05, 0.1) is 11.3 Å². The van der Waals surface area contributed by atoms with Crippen molar-refractivity contribution in [1.82, 2.24) is 0 Å². The molecule has 0 fully saturated rings. The van der Waals surface area contributed by atoms with E-state index in [0.29, 0.717) is 11.3 Å². The van der Waals surface area contributed by atoms with Crippen LogP contribution >= 0.6 is 11.8 Å². The molecule has 0 aromatic heterocycles. The van der Waals surface area contributed by atoms with E-state index in [1.54, 1.807) is 24.9 Å². The van der Waals surface area contributed by atoms with Crippen LogP contribution in [0.2, 0.25) is 0 Å². The lowest BCUT2D eigenvalue weighted by atomic mass is 10.1. The quantitative estimate of drug-likeness (QED) is 0.518. The monoisotopic (exact) mass is 207 g/mol. The molecule has 0 unspecified atom stereocenters. The van der Waals surface area contributed by atoms with Gasteiger partial charge in [-0.05, 0) is 24.5 Å². The lowest BCUT2D eigenvalue weighted by Gasteiger charge is -2.09. The van der Waals surface area contributed by atoms with Crippen LogP contribution in [-0.4, -0.2) is 25.0 Å². The number of carbonyl (C=O) groups is 2. The number of benzene rings is 1. The standard InChI is InChI=1S/C10H9NO2S/c1-11-8-5-6(14-2)3-4-7(8)9(12)10(11)13/h3-5H,1-2H3. The Morgan fingerprint density at radius 1 is 1.29 bits per heavy atom. The molecule has 1 aromatic carbocycles. The fraction of sp³-hybridized carbons (Fsp3) is 0.200. The van der Waals surface area contributed by atoms with Gasteiger partial charge in [-0.1, -0.05) is 0 Å². The van der Waals surface area contributed by atoms with Gasteiger partial charge < -0.3 is 4.90 Å². The first-order valence-electron chi connectivity index (χ1n) is 4.15. The van der Waals surface area contributed by atoms with Crippen LogP contribution in [0.1, 0.15) is 10.4 Å². The normalized spacial score (nSPS) is 14.9. The molecule has 0 aliphatic carbocycles. The molecule has 0 radical (unpaired) electrons. The van der Waals surface area contributed by atoms with E-state index >= 15 is 0 Å². The number of likely N-dealkylation sites (N-methyl/N-ethyl adjacent to an activating group) is 1. The van der Waals surface area contributed by atoms with Gasteiger partial charge in [0.15, 0.2) is 0 Å². The molecule has 1 amide bonds. The maximum Gasteiger partial charge on any atom is 0.299 e. The summed E-state index contributed by atoms with van der Waals surface area (Å²) < 4.78 is 0. The summed E-state index contributed by atoms with van der Waals surface area (Å²) >= 11 is 1.59. The van der Waals surface area contributed by atoms with E-state index in [9.17, 15) is 9.59 Å². The third-order valence-electron chi connectivity index (χ3n) is 2.31. The molecule has 0 saturated heterocycles. The van der Waals surface area contributed by atoms with Crippen LogP contribution in [0, 0.1) is 0 Å². The fourth-order valence-electron chi connectivity index (χ4n) is 1.48. The lowest BCUT2D eigenvalue weighted by Crippen LogP contribution is -2.24. The summed E-state index contributed by atoms with van der Waals surface area (Å²) in [5, 5.41) is 0. The van der Waals surface area contributed by atoms with E-state index in [4.69, 9.17) is 0 Å². The molecule has 1 heterocycles. The molecular weight excluding hydrogens is 198 g/mol. The summed E-state index contributed by atoms with van der Waals surface area (Å²) in [6.07, 6.45) is 1.96. The molecule has 0 bridgehead atoms. The summed E-state index contributed by atoms with van der Waals surface area (Å²) in [4.78, 5) is 25.2. The third kappa shape index (κ3) is 1.14. The highest BCUT2D eigenvalue weighted by atomic mass is 32.2. The largest absolute Gasteiger partial charge is 0.308 e. The highest BCUT2D eigenvalue weighted by molar-refractivity contribution is 7.98. The molecule has 1 aromatic rings. The van der Waals surface area contributed by atoms with Crippen LogP contribution < -0.4 is 4.90 Å². The molecule has 1 aliphatic rings. The van der Waals surface area contributed by atoms with Crippen molar-refractivity contribution in [1.29, 1.82) is 0 Å². The van der Waals surface area contributed by atoms with Crippen LogP contribution in [0.4, 0.5) is 5.69 Å². The number of carbonyl (C=O) groups excluding carboxylic acids is 2. The summed E-state index contributed by atoms with van der Waals surface area (Å²) in [5.41, 5.74) is 1.22. The molecule has 3 nitrogen and oxygen atoms in total. The van der Waals surface area contributed by atoms with E-state index in [0.717, 1.165) is 4.90 Å². The molecule has 0 N–H and O–H groups in total. The number of amides is 1. The maximum atomic E-state index is 11.4.